The molecule has 1 atom stereocenters. The lowest BCUT2D eigenvalue weighted by atomic mass is 10.1. The van der Waals surface area contributed by atoms with Crippen LogP contribution in [-0.4, -0.2) is 45.2 Å². The molecule has 1 amide bonds. The SMILES string of the molecule is CCc1ccc(NC(=O)c2nnc(CN3CCC(C(=O)O)C3)s2)cc1.Cl. The maximum Gasteiger partial charge on any atom is 0.307 e. The Kier molecular flexibility index (Phi) is 7.07. The lowest BCUT2D eigenvalue weighted by Crippen LogP contribution is -2.22. The molecule has 1 aromatic carbocycles. The lowest BCUT2D eigenvalue weighted by Gasteiger charge is -2.12. The van der Waals surface area contributed by atoms with Crippen molar-refractivity contribution in [3.63, 3.8) is 0 Å². The quantitative estimate of drug-likeness (QED) is 0.779. The van der Waals surface area contributed by atoms with E-state index >= 15 is 0 Å². The normalized spacial score (nSPS) is 16.9. The first kappa shape index (κ1) is 20.3. The van der Waals surface area contributed by atoms with Crippen LogP contribution in [0.5, 0.6) is 0 Å². The van der Waals surface area contributed by atoms with Gasteiger partial charge in [0.05, 0.1) is 12.5 Å². The number of amides is 1. The molecule has 0 bridgehead atoms. The maximum absolute atomic E-state index is 12.3. The van der Waals surface area contributed by atoms with E-state index in [0.29, 0.717) is 24.5 Å². The Morgan fingerprint density at radius 2 is 2.04 bits per heavy atom. The summed E-state index contributed by atoms with van der Waals surface area (Å²) in [6.45, 7) is 3.84. The molecule has 140 valence electrons. The zero-order valence-electron chi connectivity index (χ0n) is 14.3. The van der Waals surface area contributed by atoms with E-state index in [1.54, 1.807) is 0 Å². The Bertz CT molecular complexity index is 766. The van der Waals surface area contributed by atoms with Crippen molar-refractivity contribution in [2.45, 2.75) is 26.3 Å². The van der Waals surface area contributed by atoms with Gasteiger partial charge in [0.15, 0.2) is 0 Å². The highest BCUT2D eigenvalue weighted by atomic mass is 35.5. The Morgan fingerprint density at radius 3 is 2.65 bits per heavy atom. The topological polar surface area (TPSA) is 95.4 Å². The number of aromatic nitrogens is 2. The summed E-state index contributed by atoms with van der Waals surface area (Å²) in [7, 11) is 0. The molecule has 1 aliphatic rings. The number of halogens is 1. The molecular weight excluding hydrogens is 376 g/mol. The van der Waals surface area contributed by atoms with Crippen LogP contribution in [0, 0.1) is 5.92 Å². The number of nitrogens with one attached hydrogen (secondary N) is 1. The molecule has 0 saturated carbocycles. The summed E-state index contributed by atoms with van der Waals surface area (Å²) in [6, 6.07) is 7.70. The van der Waals surface area contributed by atoms with Crippen molar-refractivity contribution < 1.29 is 14.7 Å². The first-order valence-corrected chi connectivity index (χ1v) is 9.04. The van der Waals surface area contributed by atoms with Crippen LogP contribution in [0.3, 0.4) is 0 Å². The van der Waals surface area contributed by atoms with Crippen molar-refractivity contribution in [1.82, 2.24) is 15.1 Å². The minimum absolute atomic E-state index is 0. The van der Waals surface area contributed by atoms with E-state index < -0.39 is 5.97 Å². The van der Waals surface area contributed by atoms with Crippen molar-refractivity contribution in [3.8, 4) is 0 Å². The maximum atomic E-state index is 12.3. The van der Waals surface area contributed by atoms with Crippen molar-refractivity contribution in [2.75, 3.05) is 18.4 Å². The average molecular weight is 397 g/mol. The molecule has 26 heavy (non-hydrogen) atoms. The monoisotopic (exact) mass is 396 g/mol. The predicted octanol–water partition coefficient (Wildman–Crippen LogP) is 2.68. The standard InChI is InChI=1S/C17H20N4O3S.ClH/c1-2-11-3-5-13(6-4-11)18-15(22)16-20-19-14(25-16)10-21-8-7-12(9-21)17(23)24;/h3-6,12H,2,7-10H2,1H3,(H,18,22)(H,23,24);1H. The van der Waals surface area contributed by atoms with E-state index in [1.807, 2.05) is 29.2 Å². The van der Waals surface area contributed by atoms with Crippen LogP contribution in [0.15, 0.2) is 24.3 Å². The van der Waals surface area contributed by atoms with Gasteiger partial charge in [-0.25, -0.2) is 0 Å². The van der Waals surface area contributed by atoms with Gasteiger partial charge < -0.3 is 10.4 Å². The minimum Gasteiger partial charge on any atom is -0.481 e. The van der Waals surface area contributed by atoms with Gasteiger partial charge in [0.1, 0.15) is 5.01 Å². The Balaban J connectivity index is 0.00000243. The fourth-order valence-electron chi connectivity index (χ4n) is 2.79. The van der Waals surface area contributed by atoms with Gasteiger partial charge in [-0.05, 0) is 37.1 Å². The van der Waals surface area contributed by atoms with E-state index in [0.717, 1.165) is 23.7 Å². The number of rotatable bonds is 6. The third-order valence-electron chi connectivity index (χ3n) is 4.26. The first-order chi connectivity index (χ1) is 12.0. The highest BCUT2D eigenvalue weighted by Crippen LogP contribution is 2.21. The number of likely N-dealkylation sites (tertiary alicyclic amines) is 1. The number of nitrogens with zero attached hydrogens (tertiary/aromatic N) is 3. The largest absolute Gasteiger partial charge is 0.481 e. The fourth-order valence-corrected chi connectivity index (χ4v) is 3.56. The summed E-state index contributed by atoms with van der Waals surface area (Å²) in [4.78, 5) is 25.3. The number of hydrogen-bond acceptors (Lipinski definition) is 6. The van der Waals surface area contributed by atoms with Gasteiger partial charge in [-0.1, -0.05) is 30.4 Å². The molecule has 3 rings (SSSR count). The molecule has 9 heteroatoms. The van der Waals surface area contributed by atoms with E-state index in [2.05, 4.69) is 22.4 Å². The molecule has 2 heterocycles. The number of carbonyl (C=O) groups excluding carboxylic acids is 1. The van der Waals surface area contributed by atoms with Crippen molar-refractivity contribution >= 4 is 41.3 Å². The number of anilines is 1. The molecule has 2 aromatic rings. The number of carbonyl (C=O) groups is 2. The third kappa shape index (κ3) is 5.00. The molecule has 1 saturated heterocycles. The Morgan fingerprint density at radius 1 is 1.31 bits per heavy atom. The minimum atomic E-state index is -0.756. The van der Waals surface area contributed by atoms with Gasteiger partial charge in [0.25, 0.3) is 5.91 Å². The molecule has 0 aliphatic carbocycles. The Labute approximate surface area is 161 Å². The van der Waals surface area contributed by atoms with Gasteiger partial charge in [-0.15, -0.1) is 22.6 Å². The molecule has 0 spiro atoms. The molecule has 1 unspecified atom stereocenters. The van der Waals surface area contributed by atoms with Crippen molar-refractivity contribution in [1.29, 1.82) is 0 Å². The van der Waals surface area contributed by atoms with Crippen LogP contribution in [0.4, 0.5) is 5.69 Å². The zero-order chi connectivity index (χ0) is 17.8. The van der Waals surface area contributed by atoms with Crippen LogP contribution in [-0.2, 0) is 17.8 Å². The first-order valence-electron chi connectivity index (χ1n) is 8.23. The predicted molar refractivity (Wildman–Crippen MR) is 102 cm³/mol. The summed E-state index contributed by atoms with van der Waals surface area (Å²) < 4.78 is 0. The number of benzene rings is 1. The summed E-state index contributed by atoms with van der Waals surface area (Å²) in [5, 5.41) is 20.9. The van der Waals surface area contributed by atoms with Gasteiger partial charge in [0.2, 0.25) is 5.01 Å². The second-order valence-electron chi connectivity index (χ2n) is 6.06. The Hall–Kier alpha value is -2.03. The highest BCUT2D eigenvalue weighted by Gasteiger charge is 2.28. The molecule has 1 aromatic heterocycles. The number of carboxylic acids is 1. The lowest BCUT2D eigenvalue weighted by molar-refractivity contribution is -0.141. The second-order valence-corrected chi connectivity index (χ2v) is 7.13. The van der Waals surface area contributed by atoms with Crippen LogP contribution < -0.4 is 5.32 Å². The highest BCUT2D eigenvalue weighted by molar-refractivity contribution is 7.13. The van der Waals surface area contributed by atoms with Crippen molar-refractivity contribution in [3.05, 3.63) is 39.8 Å². The summed E-state index contributed by atoms with van der Waals surface area (Å²) in [5.74, 6) is -1.35. The number of aliphatic carboxylic acids is 1. The second kappa shape index (κ2) is 9.07. The fraction of sp³-hybridized carbons (Fsp3) is 0.412. The van der Waals surface area contributed by atoms with Crippen LogP contribution >= 0.6 is 23.7 Å². The van der Waals surface area contributed by atoms with Crippen molar-refractivity contribution in [2.24, 2.45) is 5.92 Å². The molecular formula is C17H21ClN4O3S. The van der Waals surface area contributed by atoms with Gasteiger partial charge in [0, 0.05) is 12.2 Å². The van der Waals surface area contributed by atoms with Crippen LogP contribution in [0.1, 0.15) is 33.7 Å². The smallest absolute Gasteiger partial charge is 0.307 e. The zero-order valence-corrected chi connectivity index (χ0v) is 16.0. The molecule has 1 fully saturated rings. The number of aryl methyl sites for hydroxylation is 1. The average Bonchev–Trinajstić information content (AvgIpc) is 3.26. The van der Waals surface area contributed by atoms with E-state index in [1.165, 1.54) is 16.9 Å². The molecule has 7 nitrogen and oxygen atoms in total. The van der Waals surface area contributed by atoms with Crippen LogP contribution in [0.25, 0.3) is 0 Å². The van der Waals surface area contributed by atoms with Gasteiger partial charge >= 0.3 is 5.97 Å². The van der Waals surface area contributed by atoms with Gasteiger partial charge in [-0.3, -0.25) is 14.5 Å². The van der Waals surface area contributed by atoms with Gasteiger partial charge in [-0.2, -0.15) is 0 Å². The molecule has 0 radical (unpaired) electrons. The molecule has 2 N–H and O–H groups in total. The third-order valence-corrected chi connectivity index (χ3v) is 5.17. The summed E-state index contributed by atoms with van der Waals surface area (Å²) in [5.41, 5.74) is 1.93. The van der Waals surface area contributed by atoms with E-state index in [9.17, 15) is 9.59 Å². The summed E-state index contributed by atoms with van der Waals surface area (Å²) >= 11 is 1.24. The molecule has 1 aliphatic heterocycles. The number of hydrogen-bond donors (Lipinski definition) is 2. The summed E-state index contributed by atoms with van der Waals surface area (Å²) in [6.07, 6.45) is 1.60. The van der Waals surface area contributed by atoms with E-state index in [-0.39, 0.29) is 24.2 Å². The number of carboxylic acid groups (broad SMARTS) is 1. The van der Waals surface area contributed by atoms with Crippen LogP contribution in [0.2, 0.25) is 0 Å². The van der Waals surface area contributed by atoms with E-state index in [4.69, 9.17) is 5.11 Å².